The van der Waals surface area contributed by atoms with E-state index in [1.165, 1.54) is 21.3 Å². The van der Waals surface area contributed by atoms with Gasteiger partial charge in [-0.25, -0.2) is 4.79 Å². The number of rotatable bonds is 7. The number of carbonyl (C=O) groups is 2. The second kappa shape index (κ2) is 9.87. The molecule has 0 radical (unpaired) electrons. The highest BCUT2D eigenvalue weighted by Gasteiger charge is 2.36. The molecule has 2 heterocycles. The number of H-pyrrole nitrogens is 1. The Morgan fingerprint density at radius 1 is 1.09 bits per heavy atom. The summed E-state index contributed by atoms with van der Waals surface area (Å²) in [5.74, 6) is -0.500. The van der Waals surface area contributed by atoms with E-state index in [0.717, 1.165) is 27.7 Å². The molecule has 2 aromatic carbocycles. The average Bonchev–Trinajstić information content (AvgIpc) is 3.24. The van der Waals surface area contributed by atoms with E-state index in [-0.39, 0.29) is 29.1 Å². The molecule has 0 fully saturated rings. The Bertz CT molecular complexity index is 1230. The molecule has 0 saturated heterocycles. The molecule has 4 rings (SSSR count). The van der Waals surface area contributed by atoms with Crippen molar-refractivity contribution < 1.29 is 28.9 Å². The van der Waals surface area contributed by atoms with Gasteiger partial charge in [-0.15, -0.1) is 0 Å². The van der Waals surface area contributed by atoms with Gasteiger partial charge >= 0.3 is 5.97 Å². The summed E-state index contributed by atoms with van der Waals surface area (Å²) >= 11 is 0. The highest BCUT2D eigenvalue weighted by atomic mass is 16.5. The lowest BCUT2D eigenvalue weighted by Crippen LogP contribution is -2.55. The van der Waals surface area contributed by atoms with Gasteiger partial charge < -0.3 is 29.6 Å². The molecule has 3 atom stereocenters. The molecule has 35 heavy (non-hydrogen) atoms. The number of aromatic amines is 1. The number of para-hydroxylation sites is 1. The molecule has 4 N–H and O–H groups in total. The van der Waals surface area contributed by atoms with Crippen LogP contribution in [0.1, 0.15) is 36.7 Å². The van der Waals surface area contributed by atoms with Gasteiger partial charge in [-0.1, -0.05) is 32.0 Å². The number of nitrogens with one attached hydrogen (secondary N) is 3. The summed E-state index contributed by atoms with van der Waals surface area (Å²) in [4.78, 5) is 29.1. The molecule has 0 unspecified atom stereocenters. The van der Waals surface area contributed by atoms with E-state index >= 15 is 0 Å². The Hall–Kier alpha value is -3.72. The van der Waals surface area contributed by atoms with Gasteiger partial charge in [-0.05, 0) is 41.7 Å². The molecular formula is C26H31N3O6. The second-order valence-electron chi connectivity index (χ2n) is 8.95. The number of phenolic OH excluding ortho intramolecular Hbond substituents is 1. The number of carbonyl (C=O) groups excluding carboxylic acids is 2. The van der Waals surface area contributed by atoms with Gasteiger partial charge in [0.05, 0.1) is 33.4 Å². The maximum atomic E-state index is 13.4. The van der Waals surface area contributed by atoms with Crippen molar-refractivity contribution in [1.29, 1.82) is 0 Å². The predicted octanol–water partition coefficient (Wildman–Crippen LogP) is 2.81. The van der Waals surface area contributed by atoms with Crippen molar-refractivity contribution in [2.45, 2.75) is 38.4 Å². The molecule has 9 heteroatoms. The first kappa shape index (κ1) is 24.4. The third kappa shape index (κ3) is 4.51. The van der Waals surface area contributed by atoms with E-state index in [1.54, 1.807) is 12.1 Å². The monoisotopic (exact) mass is 481 g/mol. The summed E-state index contributed by atoms with van der Waals surface area (Å²) in [5.41, 5.74) is 3.63. The van der Waals surface area contributed by atoms with Crippen LogP contribution in [0, 0.1) is 5.92 Å². The summed E-state index contributed by atoms with van der Waals surface area (Å²) in [6.07, 6.45) is 0.431. The molecule has 0 bridgehead atoms. The standard InChI is InChI=1S/C26H31N3O6/c1-13(2)21(26(32)35-5)29-25(31)18-12-16-15-8-6-7-9-17(15)27-23(16)22(28-18)14-10-19(33-3)24(30)20(11-14)34-4/h6-11,13,18,21-22,27-28,30H,12H2,1-5H3,(H,29,31)/t18-,21-,22+/m0/s1. The molecule has 186 valence electrons. The Morgan fingerprint density at radius 2 is 1.74 bits per heavy atom. The number of aromatic hydroxyl groups is 1. The van der Waals surface area contributed by atoms with Gasteiger partial charge in [-0.3, -0.25) is 10.1 Å². The zero-order valence-electron chi connectivity index (χ0n) is 20.5. The number of hydrogen-bond acceptors (Lipinski definition) is 7. The third-order valence-corrected chi connectivity index (χ3v) is 6.48. The molecule has 1 aliphatic heterocycles. The van der Waals surface area contributed by atoms with Gasteiger partial charge in [0.25, 0.3) is 0 Å². The van der Waals surface area contributed by atoms with E-state index in [4.69, 9.17) is 14.2 Å². The maximum absolute atomic E-state index is 13.4. The summed E-state index contributed by atoms with van der Waals surface area (Å²) in [6, 6.07) is 9.55. The number of benzene rings is 2. The van der Waals surface area contributed by atoms with Crippen LogP contribution in [0.25, 0.3) is 10.9 Å². The molecule has 1 amide bonds. The molecule has 3 aromatic rings. The van der Waals surface area contributed by atoms with E-state index < -0.39 is 24.1 Å². The van der Waals surface area contributed by atoms with Crippen LogP contribution >= 0.6 is 0 Å². The quantitative estimate of drug-likeness (QED) is 0.383. The van der Waals surface area contributed by atoms with Crippen molar-refractivity contribution in [2.75, 3.05) is 21.3 Å². The number of fused-ring (bicyclic) bond motifs is 3. The van der Waals surface area contributed by atoms with Gasteiger partial charge in [0.2, 0.25) is 11.7 Å². The molecular weight excluding hydrogens is 450 g/mol. The van der Waals surface area contributed by atoms with E-state index in [2.05, 4.69) is 15.6 Å². The number of ether oxygens (including phenoxy) is 3. The smallest absolute Gasteiger partial charge is 0.328 e. The van der Waals surface area contributed by atoms with Crippen LogP contribution in [0.15, 0.2) is 36.4 Å². The lowest BCUT2D eigenvalue weighted by atomic mass is 9.89. The van der Waals surface area contributed by atoms with Crippen molar-refractivity contribution in [3.8, 4) is 17.2 Å². The minimum Gasteiger partial charge on any atom is -0.502 e. The highest BCUT2D eigenvalue weighted by Crippen LogP contribution is 2.42. The molecule has 0 spiro atoms. The number of phenols is 1. The fourth-order valence-electron chi connectivity index (χ4n) is 4.63. The van der Waals surface area contributed by atoms with Crippen LogP contribution in [-0.4, -0.2) is 55.4 Å². The summed E-state index contributed by atoms with van der Waals surface area (Å²) in [5, 5.41) is 17.7. The maximum Gasteiger partial charge on any atom is 0.328 e. The molecule has 0 aliphatic carbocycles. The van der Waals surface area contributed by atoms with Crippen molar-refractivity contribution in [3.63, 3.8) is 0 Å². The number of methoxy groups -OCH3 is 3. The number of amides is 1. The first-order chi connectivity index (χ1) is 16.8. The van der Waals surface area contributed by atoms with Crippen LogP contribution in [0.2, 0.25) is 0 Å². The average molecular weight is 482 g/mol. The van der Waals surface area contributed by atoms with Crippen LogP contribution in [0.5, 0.6) is 17.2 Å². The first-order valence-corrected chi connectivity index (χ1v) is 11.5. The SMILES string of the molecule is COC(=O)[C@@H](NC(=O)[C@@H]1Cc2c([nH]c3ccccc23)[C@@H](c2cc(OC)c(O)c(OC)c2)N1)C(C)C. The fraction of sp³-hybridized carbons (Fsp3) is 0.385. The lowest BCUT2D eigenvalue weighted by molar-refractivity contribution is -0.146. The van der Waals surface area contributed by atoms with Crippen LogP contribution < -0.4 is 20.1 Å². The Morgan fingerprint density at radius 3 is 2.34 bits per heavy atom. The van der Waals surface area contributed by atoms with E-state index in [0.29, 0.717) is 6.42 Å². The van der Waals surface area contributed by atoms with Crippen molar-refractivity contribution in [2.24, 2.45) is 5.92 Å². The topological polar surface area (TPSA) is 122 Å². The van der Waals surface area contributed by atoms with Crippen LogP contribution in [0.3, 0.4) is 0 Å². The summed E-state index contributed by atoms with van der Waals surface area (Å²) in [6.45, 7) is 3.71. The van der Waals surface area contributed by atoms with Gasteiger partial charge in [0.1, 0.15) is 6.04 Å². The number of esters is 1. The van der Waals surface area contributed by atoms with Gasteiger partial charge in [-0.2, -0.15) is 0 Å². The Labute approximate surface area is 203 Å². The highest BCUT2D eigenvalue weighted by molar-refractivity contribution is 5.91. The largest absolute Gasteiger partial charge is 0.502 e. The molecule has 0 saturated carbocycles. The van der Waals surface area contributed by atoms with Crippen molar-refractivity contribution in [1.82, 2.24) is 15.6 Å². The number of aromatic nitrogens is 1. The Kier molecular flexibility index (Phi) is 6.88. The van der Waals surface area contributed by atoms with E-state index in [9.17, 15) is 14.7 Å². The minimum absolute atomic E-state index is 0.0985. The molecule has 1 aromatic heterocycles. The fourth-order valence-corrected chi connectivity index (χ4v) is 4.63. The van der Waals surface area contributed by atoms with Crippen LogP contribution in [-0.2, 0) is 20.7 Å². The zero-order chi connectivity index (χ0) is 25.3. The van der Waals surface area contributed by atoms with E-state index in [1.807, 2.05) is 38.1 Å². The van der Waals surface area contributed by atoms with Crippen LogP contribution in [0.4, 0.5) is 0 Å². The zero-order valence-corrected chi connectivity index (χ0v) is 20.5. The van der Waals surface area contributed by atoms with Gasteiger partial charge in [0.15, 0.2) is 11.5 Å². The van der Waals surface area contributed by atoms with Crippen molar-refractivity contribution >= 4 is 22.8 Å². The first-order valence-electron chi connectivity index (χ1n) is 11.5. The second-order valence-corrected chi connectivity index (χ2v) is 8.95. The lowest BCUT2D eigenvalue weighted by Gasteiger charge is -2.32. The minimum atomic E-state index is -0.758. The third-order valence-electron chi connectivity index (χ3n) is 6.48. The van der Waals surface area contributed by atoms with Gasteiger partial charge in [0, 0.05) is 16.6 Å². The summed E-state index contributed by atoms with van der Waals surface area (Å²) < 4.78 is 15.6. The molecule has 1 aliphatic rings. The molecule has 9 nitrogen and oxygen atoms in total. The Balaban J connectivity index is 1.78. The predicted molar refractivity (Wildman–Crippen MR) is 131 cm³/mol. The van der Waals surface area contributed by atoms with Crippen molar-refractivity contribution in [3.05, 3.63) is 53.2 Å². The number of hydrogen-bond donors (Lipinski definition) is 4. The normalized spacial score (nSPS) is 18.1. The summed E-state index contributed by atoms with van der Waals surface area (Å²) in [7, 11) is 4.24.